The lowest BCUT2D eigenvalue weighted by Gasteiger charge is -2.57. The van der Waals surface area contributed by atoms with E-state index in [-0.39, 0.29) is 5.41 Å². The van der Waals surface area contributed by atoms with Gasteiger partial charge in [0.05, 0.1) is 0 Å². The number of rotatable bonds is 3. The number of hydrogen-bond acceptors (Lipinski definition) is 0. The molecule has 0 aliphatic heterocycles. The smallest absolute Gasteiger partial charge is 0.00391 e. The Balaban J connectivity index is 1.27. The Morgan fingerprint density at radius 1 is 0.556 bits per heavy atom. The first-order valence-electron chi connectivity index (χ1n) is 14.1. The SMILES string of the molecule is CC(C)(C)c1cc(-c2ccc(C34CC5CC(CC(C5)C3)C4)cc2)cc(-c2ccc3ccccc3c2)c1. The minimum Gasteiger partial charge on any atom is -0.0616 e. The summed E-state index contributed by atoms with van der Waals surface area (Å²) in [5.74, 6) is 2.97. The van der Waals surface area contributed by atoms with E-state index in [0.29, 0.717) is 5.41 Å². The van der Waals surface area contributed by atoms with Gasteiger partial charge in [-0.15, -0.1) is 0 Å². The Morgan fingerprint density at radius 3 is 1.72 bits per heavy atom. The standard InChI is InChI=1S/C36H38/c1-35(2,3)34-19-31(18-32(20-34)30-9-8-27-6-4-5-7-29(27)17-30)28-10-12-33(13-11-28)36-21-24-14-25(22-36)16-26(15-24)23-36/h4-13,17-20,24-26H,14-16,21-23H2,1-3H3. The summed E-state index contributed by atoms with van der Waals surface area (Å²) in [5, 5.41) is 2.60. The van der Waals surface area contributed by atoms with Crippen LogP contribution in [-0.4, -0.2) is 0 Å². The Hall–Kier alpha value is -2.86. The fourth-order valence-corrected chi connectivity index (χ4v) is 8.24. The van der Waals surface area contributed by atoms with E-state index in [9.17, 15) is 0 Å². The van der Waals surface area contributed by atoms with Crippen LogP contribution in [0, 0.1) is 17.8 Å². The van der Waals surface area contributed by atoms with Gasteiger partial charge in [-0.3, -0.25) is 0 Å². The van der Waals surface area contributed by atoms with Gasteiger partial charge in [-0.2, -0.15) is 0 Å². The fraction of sp³-hybridized carbons (Fsp3) is 0.389. The van der Waals surface area contributed by atoms with E-state index in [1.54, 1.807) is 5.56 Å². The van der Waals surface area contributed by atoms with Crippen LogP contribution in [0.2, 0.25) is 0 Å². The second-order valence-electron chi connectivity index (χ2n) is 13.4. The summed E-state index contributed by atoms with van der Waals surface area (Å²) >= 11 is 0. The molecule has 0 unspecified atom stereocenters. The molecule has 4 bridgehead atoms. The van der Waals surface area contributed by atoms with Gasteiger partial charge in [0.2, 0.25) is 0 Å². The van der Waals surface area contributed by atoms with Crippen LogP contribution in [0.4, 0.5) is 0 Å². The first-order chi connectivity index (χ1) is 17.3. The van der Waals surface area contributed by atoms with Gasteiger partial charge in [-0.1, -0.05) is 93.6 Å². The third-order valence-corrected chi connectivity index (χ3v) is 9.75. The molecule has 0 heterocycles. The minimum atomic E-state index is 0.0980. The van der Waals surface area contributed by atoms with Gasteiger partial charge in [-0.05, 0) is 123 Å². The molecule has 0 spiro atoms. The largest absolute Gasteiger partial charge is 0.0616 e. The molecule has 182 valence electrons. The van der Waals surface area contributed by atoms with Gasteiger partial charge in [0.25, 0.3) is 0 Å². The Bertz CT molecular complexity index is 1390. The zero-order valence-electron chi connectivity index (χ0n) is 22.1. The van der Waals surface area contributed by atoms with Crippen molar-refractivity contribution >= 4 is 10.8 Å². The summed E-state index contributed by atoms with van der Waals surface area (Å²) in [6.07, 6.45) is 8.83. The lowest BCUT2D eigenvalue weighted by atomic mass is 9.48. The molecule has 0 amide bonds. The molecule has 36 heavy (non-hydrogen) atoms. The van der Waals surface area contributed by atoms with E-state index >= 15 is 0 Å². The van der Waals surface area contributed by atoms with Crippen LogP contribution >= 0.6 is 0 Å². The first-order valence-corrected chi connectivity index (χ1v) is 14.1. The third-order valence-electron chi connectivity index (χ3n) is 9.75. The highest BCUT2D eigenvalue weighted by Gasteiger charge is 2.51. The molecule has 4 aliphatic carbocycles. The molecule has 4 fully saturated rings. The molecule has 0 nitrogen and oxygen atoms in total. The highest BCUT2D eigenvalue weighted by molar-refractivity contribution is 5.88. The Labute approximate surface area is 216 Å². The molecule has 0 saturated heterocycles. The van der Waals surface area contributed by atoms with Crippen molar-refractivity contribution in [3.8, 4) is 22.3 Å². The fourth-order valence-electron chi connectivity index (χ4n) is 8.24. The van der Waals surface area contributed by atoms with Gasteiger partial charge in [0.15, 0.2) is 0 Å². The lowest BCUT2D eigenvalue weighted by molar-refractivity contribution is -0.00518. The van der Waals surface area contributed by atoms with E-state index in [2.05, 4.69) is 106 Å². The van der Waals surface area contributed by atoms with Crippen molar-refractivity contribution < 1.29 is 0 Å². The van der Waals surface area contributed by atoms with Crippen LogP contribution in [0.15, 0.2) is 84.9 Å². The van der Waals surface area contributed by atoms with Gasteiger partial charge in [0.1, 0.15) is 0 Å². The molecule has 4 aliphatic rings. The predicted molar refractivity (Wildman–Crippen MR) is 153 cm³/mol. The maximum absolute atomic E-state index is 2.49. The normalized spacial score (nSPS) is 27.0. The zero-order chi connectivity index (χ0) is 24.5. The Morgan fingerprint density at radius 2 is 1.11 bits per heavy atom. The summed E-state index contributed by atoms with van der Waals surface area (Å²) in [4.78, 5) is 0. The predicted octanol–water partition coefficient (Wildman–Crippen LogP) is 9.94. The summed E-state index contributed by atoms with van der Waals surface area (Å²) < 4.78 is 0. The average molecular weight is 471 g/mol. The van der Waals surface area contributed by atoms with Crippen molar-refractivity contribution in [1.82, 2.24) is 0 Å². The second kappa shape index (κ2) is 8.07. The molecular formula is C36H38. The van der Waals surface area contributed by atoms with Gasteiger partial charge in [-0.25, -0.2) is 0 Å². The van der Waals surface area contributed by atoms with E-state index in [1.165, 1.54) is 77.1 Å². The van der Waals surface area contributed by atoms with Gasteiger partial charge >= 0.3 is 0 Å². The molecule has 0 aromatic heterocycles. The van der Waals surface area contributed by atoms with Crippen molar-refractivity contribution in [3.63, 3.8) is 0 Å². The van der Waals surface area contributed by atoms with Crippen LogP contribution in [0.1, 0.15) is 70.4 Å². The number of benzene rings is 4. The molecule has 0 radical (unpaired) electrons. The second-order valence-corrected chi connectivity index (χ2v) is 13.4. The van der Waals surface area contributed by atoms with Gasteiger partial charge in [0, 0.05) is 0 Å². The summed E-state index contributed by atoms with van der Waals surface area (Å²) in [6.45, 7) is 6.98. The van der Waals surface area contributed by atoms with Gasteiger partial charge < -0.3 is 0 Å². The monoisotopic (exact) mass is 470 g/mol. The minimum absolute atomic E-state index is 0.0980. The van der Waals surface area contributed by atoms with E-state index in [4.69, 9.17) is 0 Å². The van der Waals surface area contributed by atoms with E-state index < -0.39 is 0 Å². The molecule has 0 N–H and O–H groups in total. The number of fused-ring (bicyclic) bond motifs is 1. The highest BCUT2D eigenvalue weighted by Crippen LogP contribution is 2.60. The topological polar surface area (TPSA) is 0 Å². The van der Waals surface area contributed by atoms with Crippen LogP contribution in [0.3, 0.4) is 0 Å². The van der Waals surface area contributed by atoms with Crippen molar-refractivity contribution in [2.75, 3.05) is 0 Å². The zero-order valence-corrected chi connectivity index (χ0v) is 22.1. The van der Waals surface area contributed by atoms with E-state index in [0.717, 1.165) is 17.8 Å². The Kier molecular flexibility index (Phi) is 5.01. The van der Waals surface area contributed by atoms with Crippen LogP contribution in [-0.2, 0) is 10.8 Å². The van der Waals surface area contributed by atoms with Crippen LogP contribution < -0.4 is 0 Å². The molecule has 4 aromatic carbocycles. The van der Waals surface area contributed by atoms with Crippen molar-refractivity contribution in [1.29, 1.82) is 0 Å². The van der Waals surface area contributed by atoms with Crippen molar-refractivity contribution in [2.24, 2.45) is 17.8 Å². The average Bonchev–Trinajstić information content (AvgIpc) is 2.87. The summed E-state index contributed by atoms with van der Waals surface area (Å²) in [5.41, 5.74) is 8.87. The molecule has 0 heteroatoms. The highest BCUT2D eigenvalue weighted by atomic mass is 14.6. The van der Waals surface area contributed by atoms with Crippen LogP contribution in [0.25, 0.3) is 33.0 Å². The summed E-state index contributed by atoms with van der Waals surface area (Å²) in [7, 11) is 0. The van der Waals surface area contributed by atoms with E-state index in [1.807, 2.05) is 0 Å². The number of hydrogen-bond donors (Lipinski definition) is 0. The molecule has 0 atom stereocenters. The third kappa shape index (κ3) is 3.81. The molecular weight excluding hydrogens is 432 g/mol. The van der Waals surface area contributed by atoms with Crippen LogP contribution in [0.5, 0.6) is 0 Å². The molecule has 4 aromatic rings. The molecule has 4 saturated carbocycles. The van der Waals surface area contributed by atoms with Crippen molar-refractivity contribution in [3.05, 3.63) is 96.1 Å². The molecule has 8 rings (SSSR count). The maximum atomic E-state index is 2.49. The van der Waals surface area contributed by atoms with Crippen molar-refractivity contribution in [2.45, 2.75) is 70.1 Å². The maximum Gasteiger partial charge on any atom is -0.00391 e. The first kappa shape index (κ1) is 22.3. The summed E-state index contributed by atoms with van der Waals surface area (Å²) in [6, 6.07) is 32.6. The lowest BCUT2D eigenvalue weighted by Crippen LogP contribution is -2.48. The quantitative estimate of drug-likeness (QED) is 0.279.